The van der Waals surface area contributed by atoms with Crippen LogP contribution in [0.4, 0.5) is 5.69 Å². The molecule has 0 aromatic heterocycles. The molecule has 1 atom stereocenters. The zero-order valence-corrected chi connectivity index (χ0v) is 19.1. The zero-order chi connectivity index (χ0) is 22.6. The highest BCUT2D eigenvalue weighted by molar-refractivity contribution is 7.89. The van der Waals surface area contributed by atoms with Gasteiger partial charge in [-0.3, -0.25) is 4.79 Å². The lowest BCUT2D eigenvalue weighted by atomic mass is 10.1. The van der Waals surface area contributed by atoms with E-state index in [0.29, 0.717) is 46.8 Å². The first-order chi connectivity index (χ1) is 14.6. The lowest BCUT2D eigenvalue weighted by Crippen LogP contribution is -2.49. The van der Waals surface area contributed by atoms with Crippen LogP contribution in [0.25, 0.3) is 0 Å². The van der Waals surface area contributed by atoms with Crippen LogP contribution >= 0.6 is 23.8 Å². The molecule has 3 N–H and O–H groups in total. The van der Waals surface area contributed by atoms with Crippen molar-refractivity contribution in [3.8, 4) is 5.75 Å². The summed E-state index contributed by atoms with van der Waals surface area (Å²) in [4.78, 5) is 13.8. The molecule has 1 unspecified atom stereocenters. The highest BCUT2D eigenvalue weighted by Crippen LogP contribution is 2.24. The van der Waals surface area contributed by atoms with Gasteiger partial charge in [0.25, 0.3) is 0 Å². The van der Waals surface area contributed by atoms with Gasteiger partial charge in [0, 0.05) is 23.8 Å². The van der Waals surface area contributed by atoms with Gasteiger partial charge >= 0.3 is 0 Å². The third-order valence-corrected chi connectivity index (χ3v) is 6.13. The first-order valence-corrected chi connectivity index (χ1v) is 11.7. The second-order valence-electron chi connectivity index (χ2n) is 6.95. The summed E-state index contributed by atoms with van der Waals surface area (Å²) in [7, 11) is -3.75. The number of ketones is 1. The van der Waals surface area contributed by atoms with Crippen LogP contribution in [0.1, 0.15) is 17.3 Å². The number of benzene rings is 2. The van der Waals surface area contributed by atoms with Gasteiger partial charge in [0.15, 0.2) is 10.9 Å². The summed E-state index contributed by atoms with van der Waals surface area (Å²) < 4.78 is 34.3. The lowest BCUT2D eigenvalue weighted by Gasteiger charge is -2.34. The van der Waals surface area contributed by atoms with E-state index in [2.05, 4.69) is 5.32 Å². The van der Waals surface area contributed by atoms with Gasteiger partial charge in [-0.1, -0.05) is 11.6 Å². The van der Waals surface area contributed by atoms with Crippen molar-refractivity contribution in [3.63, 3.8) is 0 Å². The predicted octanol–water partition coefficient (Wildman–Crippen LogP) is 2.67. The van der Waals surface area contributed by atoms with E-state index in [1.807, 2.05) is 4.90 Å². The molecule has 1 fully saturated rings. The Kier molecular flexibility index (Phi) is 7.50. The van der Waals surface area contributed by atoms with Gasteiger partial charge in [0.2, 0.25) is 10.0 Å². The number of hydrogen-bond acceptors (Lipinski definition) is 6. The molecule has 1 aliphatic rings. The maximum Gasteiger partial charge on any atom is 0.238 e. The van der Waals surface area contributed by atoms with Crippen molar-refractivity contribution in [2.75, 3.05) is 31.6 Å². The highest BCUT2D eigenvalue weighted by atomic mass is 35.5. The summed E-state index contributed by atoms with van der Waals surface area (Å²) >= 11 is 11.4. The molecule has 0 bridgehead atoms. The van der Waals surface area contributed by atoms with Crippen LogP contribution in [0, 0.1) is 0 Å². The number of carbonyl (C=O) groups excluding carboxylic acids is 1. The minimum Gasteiger partial charge on any atom is -0.490 e. The smallest absolute Gasteiger partial charge is 0.238 e. The summed E-state index contributed by atoms with van der Waals surface area (Å²) in [6.45, 7) is 3.24. The lowest BCUT2D eigenvalue weighted by molar-refractivity contribution is -0.0281. The van der Waals surface area contributed by atoms with Crippen molar-refractivity contribution in [1.29, 1.82) is 0 Å². The van der Waals surface area contributed by atoms with Crippen LogP contribution in [0.3, 0.4) is 0 Å². The van der Waals surface area contributed by atoms with Crippen molar-refractivity contribution >= 4 is 50.4 Å². The minimum atomic E-state index is -3.75. The zero-order valence-electron chi connectivity index (χ0n) is 16.7. The Labute approximate surface area is 191 Å². The maximum absolute atomic E-state index is 11.8. The largest absolute Gasteiger partial charge is 0.490 e. The van der Waals surface area contributed by atoms with Crippen LogP contribution in [-0.4, -0.2) is 56.6 Å². The third-order valence-electron chi connectivity index (χ3n) is 4.61. The molecule has 0 amide bonds. The Morgan fingerprint density at radius 3 is 2.68 bits per heavy atom. The Bertz CT molecular complexity index is 1080. The number of rotatable bonds is 6. The molecule has 0 saturated carbocycles. The van der Waals surface area contributed by atoms with Gasteiger partial charge in [0.05, 0.1) is 17.1 Å². The quantitative estimate of drug-likeness (QED) is 0.476. The number of hydrogen-bond donors (Lipinski definition) is 2. The summed E-state index contributed by atoms with van der Waals surface area (Å²) in [5.74, 6) is 0.316. The number of Topliss-reactive ketones (excluding diaryl/α,β-unsaturated/α-hetero) is 1. The fraction of sp³-hybridized carbons (Fsp3) is 0.300. The SMILES string of the molecule is CC(=O)c1cc(Cl)ccc1OCC1CN(C(=S)Nc2ccc(S(N)(=O)=O)cc2)CCO1. The monoisotopic (exact) mass is 483 g/mol. The van der Waals surface area contributed by atoms with Crippen molar-refractivity contribution < 1.29 is 22.7 Å². The van der Waals surface area contributed by atoms with E-state index in [1.54, 1.807) is 30.3 Å². The second-order valence-corrected chi connectivity index (χ2v) is 9.33. The standard InChI is InChI=1S/C20H22ClN3O5S2/c1-13(25)18-10-14(21)2-7-19(18)29-12-16-11-24(8-9-28-16)20(30)23-15-3-5-17(6-4-15)31(22,26)27/h2-7,10,16H,8-9,11-12H2,1H3,(H,23,30)(H2,22,26,27). The summed E-state index contributed by atoms with van der Waals surface area (Å²) in [5, 5.41) is 9.14. The van der Waals surface area contributed by atoms with Crippen LogP contribution in [0.5, 0.6) is 5.75 Å². The van der Waals surface area contributed by atoms with E-state index < -0.39 is 10.0 Å². The molecule has 3 rings (SSSR count). The number of primary sulfonamides is 1. The normalized spacial score (nSPS) is 16.6. The minimum absolute atomic E-state index is 0.0275. The van der Waals surface area contributed by atoms with E-state index in [0.717, 1.165) is 0 Å². The number of halogens is 1. The van der Waals surface area contributed by atoms with Gasteiger partial charge < -0.3 is 19.7 Å². The van der Waals surface area contributed by atoms with E-state index in [4.69, 9.17) is 38.4 Å². The van der Waals surface area contributed by atoms with Crippen LogP contribution in [0.2, 0.25) is 5.02 Å². The average molecular weight is 484 g/mol. The molecule has 31 heavy (non-hydrogen) atoms. The topological polar surface area (TPSA) is 111 Å². The molecule has 8 nitrogen and oxygen atoms in total. The Balaban J connectivity index is 1.58. The van der Waals surface area contributed by atoms with E-state index in [1.165, 1.54) is 19.1 Å². The second kappa shape index (κ2) is 9.92. The first kappa shape index (κ1) is 23.4. The van der Waals surface area contributed by atoms with Crippen molar-refractivity contribution in [2.24, 2.45) is 5.14 Å². The Hall–Kier alpha value is -2.24. The number of carbonyl (C=O) groups is 1. The Morgan fingerprint density at radius 2 is 2.03 bits per heavy atom. The number of thiocarbonyl (C=S) groups is 1. The average Bonchev–Trinajstić information content (AvgIpc) is 2.72. The number of ether oxygens (including phenoxy) is 2. The number of anilines is 1. The van der Waals surface area contributed by atoms with Gasteiger partial charge in [-0.05, 0) is 61.6 Å². The molecular formula is C20H22ClN3O5S2. The van der Waals surface area contributed by atoms with Gasteiger partial charge in [-0.2, -0.15) is 0 Å². The van der Waals surface area contributed by atoms with Gasteiger partial charge in [-0.15, -0.1) is 0 Å². The molecule has 1 heterocycles. The number of morpholine rings is 1. The molecule has 2 aromatic carbocycles. The summed E-state index contributed by atoms with van der Waals surface area (Å²) in [6, 6.07) is 10.9. The van der Waals surface area contributed by atoms with E-state index in [-0.39, 0.29) is 23.4 Å². The fourth-order valence-corrected chi connectivity index (χ4v) is 3.99. The molecule has 166 valence electrons. The van der Waals surface area contributed by atoms with Gasteiger partial charge in [0.1, 0.15) is 18.5 Å². The van der Waals surface area contributed by atoms with Crippen LogP contribution in [-0.2, 0) is 14.8 Å². The number of nitrogens with two attached hydrogens (primary N) is 1. The third kappa shape index (κ3) is 6.37. The van der Waals surface area contributed by atoms with Crippen molar-refractivity contribution in [2.45, 2.75) is 17.9 Å². The highest BCUT2D eigenvalue weighted by Gasteiger charge is 2.24. The number of nitrogens with one attached hydrogen (secondary N) is 1. The fourth-order valence-electron chi connectivity index (χ4n) is 3.02. The van der Waals surface area contributed by atoms with Crippen molar-refractivity contribution in [3.05, 3.63) is 53.1 Å². The van der Waals surface area contributed by atoms with E-state index in [9.17, 15) is 13.2 Å². The summed E-state index contributed by atoms with van der Waals surface area (Å²) in [6.07, 6.45) is -0.256. The predicted molar refractivity (Wildman–Crippen MR) is 122 cm³/mol. The number of nitrogens with zero attached hydrogens (tertiary/aromatic N) is 1. The van der Waals surface area contributed by atoms with Crippen molar-refractivity contribution in [1.82, 2.24) is 4.90 Å². The van der Waals surface area contributed by atoms with E-state index >= 15 is 0 Å². The molecular weight excluding hydrogens is 462 g/mol. The summed E-state index contributed by atoms with van der Waals surface area (Å²) in [5.41, 5.74) is 1.06. The molecule has 11 heteroatoms. The number of sulfonamides is 1. The maximum atomic E-state index is 11.8. The molecule has 1 aliphatic heterocycles. The molecule has 0 radical (unpaired) electrons. The van der Waals surface area contributed by atoms with Gasteiger partial charge in [-0.25, -0.2) is 13.6 Å². The molecule has 0 aliphatic carbocycles. The first-order valence-electron chi connectivity index (χ1n) is 9.37. The molecule has 0 spiro atoms. The van der Waals surface area contributed by atoms with Crippen LogP contribution < -0.4 is 15.2 Å². The van der Waals surface area contributed by atoms with Crippen LogP contribution in [0.15, 0.2) is 47.4 Å². The molecule has 1 saturated heterocycles. The Morgan fingerprint density at radius 1 is 1.32 bits per heavy atom. The molecule has 2 aromatic rings.